The van der Waals surface area contributed by atoms with Gasteiger partial charge in [-0.05, 0) is 26.3 Å². The summed E-state index contributed by atoms with van der Waals surface area (Å²) in [5.41, 5.74) is 6.30. The molecule has 4 heteroatoms. The van der Waals surface area contributed by atoms with Gasteiger partial charge in [0.05, 0.1) is 41.8 Å². The second-order valence-corrected chi connectivity index (χ2v) is 5.56. The monoisotopic (exact) mass is 304 g/mol. The van der Waals surface area contributed by atoms with Gasteiger partial charge in [-0.25, -0.2) is 4.98 Å². The predicted molar refractivity (Wildman–Crippen MR) is 92.9 cm³/mol. The van der Waals surface area contributed by atoms with Gasteiger partial charge in [-0.2, -0.15) is 0 Å². The molecule has 23 heavy (non-hydrogen) atoms. The van der Waals surface area contributed by atoms with Gasteiger partial charge in [-0.15, -0.1) is 0 Å². The molecule has 0 unspecified atom stereocenters. The maximum Gasteiger partial charge on any atom is 0.0962 e. The zero-order valence-corrected chi connectivity index (χ0v) is 13.7. The van der Waals surface area contributed by atoms with Crippen LogP contribution in [0, 0.1) is 6.92 Å². The molecule has 0 aliphatic carbocycles. The molecule has 0 radical (unpaired) electrons. The van der Waals surface area contributed by atoms with E-state index < -0.39 is 0 Å². The highest BCUT2D eigenvalue weighted by Gasteiger charge is 2.14. The molecule has 3 aromatic rings. The van der Waals surface area contributed by atoms with Crippen LogP contribution >= 0.6 is 0 Å². The third-order valence-corrected chi connectivity index (χ3v) is 3.86. The van der Waals surface area contributed by atoms with Crippen molar-refractivity contribution in [3.8, 4) is 11.3 Å². The Hall–Kier alpha value is -2.75. The molecule has 116 valence electrons. The summed E-state index contributed by atoms with van der Waals surface area (Å²) in [4.78, 5) is 13.4. The zero-order chi connectivity index (χ0) is 16.2. The fraction of sp³-hybridized carbons (Fsp3) is 0.211. The summed E-state index contributed by atoms with van der Waals surface area (Å²) in [5.74, 6) is 0. The second-order valence-electron chi connectivity index (χ2n) is 5.56. The lowest BCUT2D eigenvalue weighted by Crippen LogP contribution is -2.05. The van der Waals surface area contributed by atoms with Crippen molar-refractivity contribution in [2.45, 2.75) is 27.3 Å². The summed E-state index contributed by atoms with van der Waals surface area (Å²) in [6, 6.07) is 10.3. The first-order valence-corrected chi connectivity index (χ1v) is 7.70. The third-order valence-electron chi connectivity index (χ3n) is 3.86. The molecule has 0 bridgehead atoms. The van der Waals surface area contributed by atoms with E-state index in [0.29, 0.717) is 6.54 Å². The average Bonchev–Trinajstić information content (AvgIpc) is 3.00. The van der Waals surface area contributed by atoms with Gasteiger partial charge >= 0.3 is 0 Å². The molecular weight excluding hydrogens is 284 g/mol. The van der Waals surface area contributed by atoms with Gasteiger partial charge in [-0.3, -0.25) is 9.97 Å². The molecule has 1 aromatic carbocycles. The van der Waals surface area contributed by atoms with Crippen molar-refractivity contribution in [2.24, 2.45) is 0 Å². The predicted octanol–water partition coefficient (Wildman–Crippen LogP) is 4.12. The van der Waals surface area contributed by atoms with Crippen LogP contribution < -0.4 is 0 Å². The third kappa shape index (κ3) is 3.21. The first kappa shape index (κ1) is 15.2. The molecule has 0 spiro atoms. The van der Waals surface area contributed by atoms with Gasteiger partial charge in [0, 0.05) is 11.8 Å². The zero-order valence-electron chi connectivity index (χ0n) is 13.7. The summed E-state index contributed by atoms with van der Waals surface area (Å²) in [7, 11) is 0. The van der Waals surface area contributed by atoms with Gasteiger partial charge in [0.2, 0.25) is 0 Å². The van der Waals surface area contributed by atoms with Crippen molar-refractivity contribution in [3.63, 3.8) is 0 Å². The van der Waals surface area contributed by atoms with Crippen LogP contribution in [0.4, 0.5) is 0 Å². The Bertz CT molecular complexity index is 814. The topological polar surface area (TPSA) is 43.6 Å². The maximum absolute atomic E-state index is 4.64. The van der Waals surface area contributed by atoms with E-state index in [2.05, 4.69) is 44.7 Å². The Morgan fingerprint density at radius 2 is 1.87 bits per heavy atom. The minimum atomic E-state index is 0.660. The van der Waals surface area contributed by atoms with Crippen LogP contribution in [0.1, 0.15) is 30.9 Å². The highest BCUT2D eigenvalue weighted by atomic mass is 15.1. The van der Waals surface area contributed by atoms with Crippen molar-refractivity contribution in [1.82, 2.24) is 19.5 Å². The van der Waals surface area contributed by atoms with E-state index >= 15 is 0 Å². The molecule has 0 aliphatic rings. The summed E-state index contributed by atoms with van der Waals surface area (Å²) in [6.45, 7) is 6.76. The SMILES string of the molecule is C/C=C(\C)c1c(-c2ccccc2)ncn1Cc1cnc(C)cn1. The Morgan fingerprint density at radius 3 is 2.52 bits per heavy atom. The number of aromatic nitrogens is 4. The number of nitrogens with zero attached hydrogens (tertiary/aromatic N) is 4. The van der Waals surface area contributed by atoms with Gasteiger partial charge in [0.1, 0.15) is 0 Å². The van der Waals surface area contributed by atoms with E-state index in [1.54, 1.807) is 6.20 Å². The smallest absolute Gasteiger partial charge is 0.0962 e. The van der Waals surface area contributed by atoms with E-state index in [0.717, 1.165) is 28.3 Å². The number of allylic oxidation sites excluding steroid dienone is 2. The van der Waals surface area contributed by atoms with Crippen molar-refractivity contribution >= 4 is 5.57 Å². The van der Waals surface area contributed by atoms with Crippen LogP contribution in [-0.4, -0.2) is 19.5 Å². The van der Waals surface area contributed by atoms with Crippen LogP contribution in [0.15, 0.2) is 55.1 Å². The summed E-state index contributed by atoms with van der Waals surface area (Å²) in [6.07, 6.45) is 7.62. The largest absolute Gasteiger partial charge is 0.324 e. The molecular formula is C19H20N4. The summed E-state index contributed by atoms with van der Waals surface area (Å²) in [5, 5.41) is 0. The standard InChI is InChI=1S/C19H20N4/c1-4-14(2)19-18(16-8-6-5-7-9-16)22-13-23(19)12-17-11-20-15(3)10-21-17/h4-11,13H,12H2,1-3H3/b14-4+. The van der Waals surface area contributed by atoms with Crippen LogP contribution in [-0.2, 0) is 6.54 Å². The van der Waals surface area contributed by atoms with Crippen molar-refractivity contribution in [1.29, 1.82) is 0 Å². The lowest BCUT2D eigenvalue weighted by Gasteiger charge is -2.10. The molecule has 0 fully saturated rings. The molecule has 0 N–H and O–H groups in total. The first-order valence-electron chi connectivity index (χ1n) is 7.70. The van der Waals surface area contributed by atoms with Gasteiger partial charge in [0.25, 0.3) is 0 Å². The fourth-order valence-electron chi connectivity index (χ4n) is 2.53. The van der Waals surface area contributed by atoms with Gasteiger partial charge < -0.3 is 4.57 Å². The minimum Gasteiger partial charge on any atom is -0.324 e. The van der Waals surface area contributed by atoms with Crippen LogP contribution in [0.2, 0.25) is 0 Å². The molecule has 0 saturated heterocycles. The lowest BCUT2D eigenvalue weighted by atomic mass is 10.1. The number of rotatable bonds is 4. The Morgan fingerprint density at radius 1 is 1.09 bits per heavy atom. The van der Waals surface area contributed by atoms with E-state index in [9.17, 15) is 0 Å². The van der Waals surface area contributed by atoms with E-state index in [4.69, 9.17) is 0 Å². The molecule has 2 aromatic heterocycles. The second kappa shape index (κ2) is 6.57. The molecule has 0 aliphatic heterocycles. The average molecular weight is 304 g/mol. The number of hydrogen-bond donors (Lipinski definition) is 0. The van der Waals surface area contributed by atoms with Gasteiger partial charge in [0.15, 0.2) is 0 Å². The van der Waals surface area contributed by atoms with Crippen LogP contribution in [0.25, 0.3) is 16.8 Å². The lowest BCUT2D eigenvalue weighted by molar-refractivity contribution is 0.755. The van der Waals surface area contributed by atoms with Crippen LogP contribution in [0.5, 0.6) is 0 Å². The maximum atomic E-state index is 4.64. The van der Waals surface area contributed by atoms with Crippen LogP contribution in [0.3, 0.4) is 0 Å². The van der Waals surface area contributed by atoms with Gasteiger partial charge in [-0.1, -0.05) is 36.4 Å². The number of hydrogen-bond acceptors (Lipinski definition) is 3. The first-order chi connectivity index (χ1) is 11.2. The Labute approximate surface area is 136 Å². The Balaban J connectivity index is 2.04. The Kier molecular flexibility index (Phi) is 4.33. The highest BCUT2D eigenvalue weighted by molar-refractivity contribution is 5.76. The molecule has 0 saturated carbocycles. The minimum absolute atomic E-state index is 0.660. The molecule has 0 atom stereocenters. The highest BCUT2D eigenvalue weighted by Crippen LogP contribution is 2.28. The summed E-state index contributed by atoms with van der Waals surface area (Å²) < 4.78 is 2.14. The van der Waals surface area contributed by atoms with E-state index in [1.165, 1.54) is 5.57 Å². The number of imidazole rings is 1. The number of benzene rings is 1. The van der Waals surface area contributed by atoms with E-state index in [1.807, 2.05) is 44.6 Å². The summed E-state index contributed by atoms with van der Waals surface area (Å²) >= 11 is 0. The normalized spacial score (nSPS) is 11.7. The van der Waals surface area contributed by atoms with Crippen molar-refractivity contribution in [2.75, 3.05) is 0 Å². The van der Waals surface area contributed by atoms with E-state index in [-0.39, 0.29) is 0 Å². The molecule has 0 amide bonds. The quantitative estimate of drug-likeness (QED) is 0.728. The number of aryl methyl sites for hydroxylation is 1. The molecule has 4 nitrogen and oxygen atoms in total. The molecule has 2 heterocycles. The van der Waals surface area contributed by atoms with Crippen molar-refractivity contribution < 1.29 is 0 Å². The fourth-order valence-corrected chi connectivity index (χ4v) is 2.53. The molecule has 3 rings (SSSR count). The van der Waals surface area contributed by atoms with Crippen molar-refractivity contribution in [3.05, 3.63) is 72.2 Å².